The van der Waals surface area contributed by atoms with Gasteiger partial charge in [0.1, 0.15) is 5.69 Å². The fraction of sp³-hybridized carbons (Fsp3) is 0. The SMILES string of the molecule is O=[N+]([O-])c1ccccc1N/N=C(/Cl)c1cccs1. The maximum atomic E-state index is 10.8. The fourth-order valence-corrected chi connectivity index (χ4v) is 2.13. The van der Waals surface area contributed by atoms with Crippen LogP contribution in [0.4, 0.5) is 11.4 Å². The van der Waals surface area contributed by atoms with E-state index < -0.39 is 4.92 Å². The molecule has 0 fully saturated rings. The third kappa shape index (κ3) is 2.85. The van der Waals surface area contributed by atoms with Crippen molar-refractivity contribution in [1.29, 1.82) is 0 Å². The third-order valence-corrected chi connectivity index (χ3v) is 3.38. The molecule has 18 heavy (non-hydrogen) atoms. The average molecular weight is 282 g/mol. The molecule has 0 spiro atoms. The molecule has 7 heteroatoms. The summed E-state index contributed by atoms with van der Waals surface area (Å²) in [6, 6.07) is 9.91. The van der Waals surface area contributed by atoms with Crippen LogP contribution in [0.3, 0.4) is 0 Å². The molecule has 1 aromatic heterocycles. The van der Waals surface area contributed by atoms with Crippen molar-refractivity contribution in [1.82, 2.24) is 0 Å². The molecule has 0 atom stereocenters. The van der Waals surface area contributed by atoms with E-state index >= 15 is 0 Å². The van der Waals surface area contributed by atoms with Crippen LogP contribution in [0, 0.1) is 10.1 Å². The Bertz CT molecular complexity index is 584. The summed E-state index contributed by atoms with van der Waals surface area (Å²) >= 11 is 7.40. The van der Waals surface area contributed by atoms with Crippen LogP contribution in [-0.2, 0) is 0 Å². The van der Waals surface area contributed by atoms with E-state index in [-0.39, 0.29) is 10.9 Å². The molecular formula is C11H8ClN3O2S. The van der Waals surface area contributed by atoms with Gasteiger partial charge in [0, 0.05) is 6.07 Å². The smallest absolute Gasteiger partial charge is 0.270 e. The van der Waals surface area contributed by atoms with E-state index in [2.05, 4.69) is 10.5 Å². The highest BCUT2D eigenvalue weighted by Gasteiger charge is 2.11. The molecule has 0 aliphatic carbocycles. The van der Waals surface area contributed by atoms with E-state index in [0.717, 1.165) is 4.88 Å². The molecule has 1 N–H and O–H groups in total. The molecule has 0 bridgehead atoms. The van der Waals surface area contributed by atoms with Gasteiger partial charge in [0.2, 0.25) is 0 Å². The summed E-state index contributed by atoms with van der Waals surface area (Å²) in [6.45, 7) is 0. The fourth-order valence-electron chi connectivity index (χ4n) is 1.29. The number of nitrogens with zero attached hydrogens (tertiary/aromatic N) is 2. The van der Waals surface area contributed by atoms with Crippen molar-refractivity contribution in [2.75, 3.05) is 5.43 Å². The highest BCUT2D eigenvalue weighted by Crippen LogP contribution is 2.23. The normalized spacial score (nSPS) is 11.3. The number of anilines is 1. The summed E-state index contributed by atoms with van der Waals surface area (Å²) in [6.07, 6.45) is 0. The Hall–Kier alpha value is -1.92. The average Bonchev–Trinajstić information content (AvgIpc) is 2.90. The minimum absolute atomic E-state index is 0.0445. The standard InChI is InChI=1S/C11H8ClN3O2S/c12-11(10-6-3-7-18-10)14-13-8-4-1-2-5-9(8)15(16)17/h1-7,13H/b14-11+. The molecule has 0 radical (unpaired) electrons. The molecule has 0 saturated heterocycles. The third-order valence-electron chi connectivity index (χ3n) is 2.10. The number of hydrogen-bond acceptors (Lipinski definition) is 5. The molecule has 0 unspecified atom stereocenters. The van der Waals surface area contributed by atoms with Crippen LogP contribution in [0.25, 0.3) is 0 Å². The van der Waals surface area contributed by atoms with Crippen molar-refractivity contribution in [2.45, 2.75) is 0 Å². The van der Waals surface area contributed by atoms with Gasteiger partial charge in [0.15, 0.2) is 5.17 Å². The molecule has 0 amide bonds. The summed E-state index contributed by atoms with van der Waals surface area (Å²) in [4.78, 5) is 11.1. The van der Waals surface area contributed by atoms with Crippen molar-refractivity contribution in [3.63, 3.8) is 0 Å². The number of hydrogen-bond donors (Lipinski definition) is 1. The topological polar surface area (TPSA) is 67.5 Å². The molecule has 2 rings (SSSR count). The Morgan fingerprint density at radius 1 is 1.33 bits per heavy atom. The Balaban J connectivity index is 2.20. The number of nitro groups is 1. The lowest BCUT2D eigenvalue weighted by atomic mass is 10.3. The quantitative estimate of drug-likeness (QED) is 0.528. The van der Waals surface area contributed by atoms with Gasteiger partial charge in [-0.3, -0.25) is 15.5 Å². The Morgan fingerprint density at radius 2 is 2.11 bits per heavy atom. The number of rotatable bonds is 4. The van der Waals surface area contributed by atoms with Crippen LogP contribution in [0.1, 0.15) is 4.88 Å². The zero-order valence-corrected chi connectivity index (χ0v) is 10.6. The second-order valence-electron chi connectivity index (χ2n) is 3.27. The second kappa shape index (κ2) is 5.61. The zero-order chi connectivity index (χ0) is 13.0. The van der Waals surface area contributed by atoms with E-state index in [9.17, 15) is 10.1 Å². The zero-order valence-electron chi connectivity index (χ0n) is 9.04. The number of para-hydroxylation sites is 2. The number of hydrazone groups is 1. The maximum Gasteiger partial charge on any atom is 0.294 e. The molecule has 0 saturated carbocycles. The minimum Gasteiger partial charge on any atom is -0.270 e. The summed E-state index contributed by atoms with van der Waals surface area (Å²) in [5.41, 5.74) is 2.86. The molecule has 0 aliphatic rings. The van der Waals surface area contributed by atoms with Crippen LogP contribution in [0.2, 0.25) is 0 Å². The van der Waals surface area contributed by atoms with E-state index in [0.29, 0.717) is 5.69 Å². The highest BCUT2D eigenvalue weighted by atomic mass is 35.5. The molecule has 5 nitrogen and oxygen atoms in total. The van der Waals surface area contributed by atoms with Crippen LogP contribution < -0.4 is 5.43 Å². The van der Waals surface area contributed by atoms with Crippen LogP contribution in [0.5, 0.6) is 0 Å². The predicted octanol–water partition coefficient (Wildman–Crippen LogP) is 3.67. The lowest BCUT2D eigenvalue weighted by Crippen LogP contribution is -1.98. The van der Waals surface area contributed by atoms with E-state index in [4.69, 9.17) is 11.6 Å². The molecular weight excluding hydrogens is 274 g/mol. The van der Waals surface area contributed by atoms with E-state index in [1.54, 1.807) is 18.2 Å². The van der Waals surface area contributed by atoms with Crippen LogP contribution in [0.15, 0.2) is 46.9 Å². The number of benzene rings is 1. The first-order valence-corrected chi connectivity index (χ1v) is 6.21. The van der Waals surface area contributed by atoms with Crippen molar-refractivity contribution in [3.8, 4) is 0 Å². The van der Waals surface area contributed by atoms with Crippen molar-refractivity contribution >= 4 is 39.5 Å². The number of thiophene rings is 1. The summed E-state index contributed by atoms with van der Waals surface area (Å²) in [5, 5.41) is 16.8. The second-order valence-corrected chi connectivity index (χ2v) is 4.57. The monoisotopic (exact) mass is 281 g/mol. The molecule has 0 aliphatic heterocycles. The minimum atomic E-state index is -0.475. The first-order chi connectivity index (χ1) is 8.68. The van der Waals surface area contributed by atoms with Crippen molar-refractivity contribution in [3.05, 3.63) is 56.8 Å². The number of nitrogens with one attached hydrogen (secondary N) is 1. The van der Waals surface area contributed by atoms with Gasteiger partial charge >= 0.3 is 0 Å². The first kappa shape index (κ1) is 12.5. The lowest BCUT2D eigenvalue weighted by molar-refractivity contribution is -0.384. The largest absolute Gasteiger partial charge is 0.294 e. The number of halogens is 1. The van der Waals surface area contributed by atoms with Gasteiger partial charge in [-0.15, -0.1) is 11.3 Å². The van der Waals surface area contributed by atoms with E-state index in [1.807, 2.05) is 17.5 Å². The maximum absolute atomic E-state index is 10.8. The predicted molar refractivity (Wildman–Crippen MR) is 73.4 cm³/mol. The molecule has 1 aromatic carbocycles. The Kier molecular flexibility index (Phi) is 3.91. The van der Waals surface area contributed by atoms with Gasteiger partial charge in [-0.25, -0.2) is 0 Å². The van der Waals surface area contributed by atoms with Gasteiger partial charge < -0.3 is 0 Å². The Labute approximate surface area is 112 Å². The summed E-state index contributed by atoms with van der Waals surface area (Å²) in [5.74, 6) is 0. The molecule has 92 valence electrons. The van der Waals surface area contributed by atoms with Gasteiger partial charge in [-0.1, -0.05) is 29.8 Å². The van der Waals surface area contributed by atoms with Gasteiger partial charge in [-0.2, -0.15) is 5.10 Å². The first-order valence-electron chi connectivity index (χ1n) is 4.95. The summed E-state index contributed by atoms with van der Waals surface area (Å²) in [7, 11) is 0. The van der Waals surface area contributed by atoms with Gasteiger partial charge in [0.05, 0.1) is 9.80 Å². The molecule has 1 heterocycles. The van der Waals surface area contributed by atoms with Gasteiger partial charge in [-0.05, 0) is 17.5 Å². The molecule has 2 aromatic rings. The van der Waals surface area contributed by atoms with E-state index in [1.165, 1.54) is 17.4 Å². The van der Waals surface area contributed by atoms with Crippen LogP contribution in [-0.4, -0.2) is 10.1 Å². The lowest BCUT2D eigenvalue weighted by Gasteiger charge is -2.01. The van der Waals surface area contributed by atoms with Gasteiger partial charge in [0.25, 0.3) is 5.69 Å². The highest BCUT2D eigenvalue weighted by molar-refractivity contribution is 7.14. The van der Waals surface area contributed by atoms with Crippen molar-refractivity contribution in [2.24, 2.45) is 5.10 Å². The number of nitro benzene ring substituents is 1. The van der Waals surface area contributed by atoms with Crippen LogP contribution >= 0.6 is 22.9 Å². The Morgan fingerprint density at radius 3 is 2.78 bits per heavy atom. The summed E-state index contributed by atoms with van der Waals surface area (Å²) < 4.78 is 0. The van der Waals surface area contributed by atoms with Crippen molar-refractivity contribution < 1.29 is 4.92 Å².